The Labute approximate surface area is 259 Å². The zero-order valence-corrected chi connectivity index (χ0v) is 22.3. The van der Waals surface area contributed by atoms with Crippen LogP contribution in [0.5, 0.6) is 0 Å². The van der Waals surface area contributed by atoms with E-state index in [9.17, 15) is 68.5 Å². The third-order valence-electron chi connectivity index (χ3n) is 6.28. The molecule has 3 aromatic heterocycles. The van der Waals surface area contributed by atoms with Crippen molar-refractivity contribution in [2.75, 3.05) is 0 Å². The van der Waals surface area contributed by atoms with Crippen LogP contribution in [0.2, 0.25) is 0 Å². The number of nitrogens with zero attached hydrogens (tertiary/aromatic N) is 7. The molecule has 0 amide bonds. The molecule has 3 aromatic rings. The molecular formula is C27F15N7. The Morgan fingerprint density at radius 2 is 0.714 bits per heavy atom. The number of hydrogen-bond acceptors (Lipinski definition) is 7. The Balaban J connectivity index is 2.38. The third kappa shape index (κ3) is 5.63. The average molecular weight is 707 g/mol. The van der Waals surface area contributed by atoms with Crippen LogP contribution in [-0.4, -0.2) is 15.0 Å². The molecule has 0 aliphatic heterocycles. The molecule has 7 nitrogen and oxygen atoms in total. The molecular weight excluding hydrogens is 707 g/mol. The summed E-state index contributed by atoms with van der Waals surface area (Å²) in [6, 6.07) is 3.42. The van der Waals surface area contributed by atoms with Crippen LogP contribution in [0.4, 0.5) is 65.9 Å². The topological polar surface area (TPSA) is 134 Å². The smallest absolute Gasteiger partial charge is 0.209 e. The van der Waals surface area contributed by atoms with E-state index in [0.29, 0.717) is 0 Å². The SMILES string of the molecule is N#CC(=C1C(=C(/C#N)c2c(F)c(F)nc(C(F)(F)F)c2F)/C1=C(/C#N)c1c(F)c(F)nc(C(F)(F)F)c1F)c1c(F)c(F)nc(C#N)c1F. The highest BCUT2D eigenvalue weighted by atomic mass is 19.4. The maximum Gasteiger partial charge on any atom is 0.436 e. The first-order valence-electron chi connectivity index (χ1n) is 11.8. The fourth-order valence-electron chi connectivity index (χ4n) is 4.30. The van der Waals surface area contributed by atoms with Crippen molar-refractivity contribution in [1.82, 2.24) is 15.0 Å². The van der Waals surface area contributed by atoms with Gasteiger partial charge in [0.2, 0.25) is 11.9 Å². The van der Waals surface area contributed by atoms with E-state index in [1.807, 2.05) is 9.97 Å². The number of halogens is 15. The monoisotopic (exact) mass is 707 g/mol. The van der Waals surface area contributed by atoms with Gasteiger partial charge in [-0.1, -0.05) is 0 Å². The molecule has 0 N–H and O–H groups in total. The lowest BCUT2D eigenvalue weighted by atomic mass is 10.0. The summed E-state index contributed by atoms with van der Waals surface area (Å²) in [5.74, 6) is -23.9. The number of hydrogen-bond donors (Lipinski definition) is 0. The Morgan fingerprint density at radius 3 is 0.980 bits per heavy atom. The van der Waals surface area contributed by atoms with E-state index in [2.05, 4.69) is 4.98 Å². The minimum atomic E-state index is -5.96. The third-order valence-corrected chi connectivity index (χ3v) is 6.28. The predicted molar refractivity (Wildman–Crippen MR) is 125 cm³/mol. The molecule has 0 radical (unpaired) electrons. The van der Waals surface area contributed by atoms with Crippen LogP contribution in [0.3, 0.4) is 0 Å². The van der Waals surface area contributed by atoms with Gasteiger partial charge in [-0.15, -0.1) is 0 Å². The maximum atomic E-state index is 15.1. The number of nitriles is 4. The van der Waals surface area contributed by atoms with Gasteiger partial charge in [0.15, 0.2) is 52.0 Å². The predicted octanol–water partition coefficient (Wildman–Crippen LogP) is 7.28. The van der Waals surface area contributed by atoms with Crippen LogP contribution in [0.15, 0.2) is 16.7 Å². The van der Waals surface area contributed by atoms with Crippen molar-refractivity contribution in [3.63, 3.8) is 0 Å². The van der Waals surface area contributed by atoms with E-state index in [1.165, 1.54) is 0 Å². The number of allylic oxidation sites excluding steroid dienone is 6. The Bertz CT molecular complexity index is 2180. The van der Waals surface area contributed by atoms with E-state index < -0.39 is 132 Å². The highest BCUT2D eigenvalue weighted by Gasteiger charge is 2.48. The molecule has 0 atom stereocenters. The van der Waals surface area contributed by atoms with E-state index in [-0.39, 0.29) is 0 Å². The van der Waals surface area contributed by atoms with Crippen molar-refractivity contribution >= 4 is 16.7 Å². The Hall–Kier alpha value is -6.42. The fraction of sp³-hybridized carbons (Fsp3) is 0.0741. The van der Waals surface area contributed by atoms with Gasteiger partial charge in [0.25, 0.3) is 5.95 Å². The minimum Gasteiger partial charge on any atom is -0.209 e. The molecule has 0 aromatic carbocycles. The summed E-state index contributed by atoms with van der Waals surface area (Å²) in [6.45, 7) is 0. The van der Waals surface area contributed by atoms with Gasteiger partial charge in [0.05, 0.1) is 33.4 Å². The summed E-state index contributed by atoms with van der Waals surface area (Å²) in [5.41, 5.74) is -24.7. The molecule has 1 aliphatic carbocycles. The minimum absolute atomic E-state index is 0.799. The molecule has 248 valence electrons. The molecule has 3 heterocycles. The highest BCUT2D eigenvalue weighted by Crippen LogP contribution is 2.57. The van der Waals surface area contributed by atoms with Gasteiger partial charge in [-0.05, 0) is 0 Å². The van der Waals surface area contributed by atoms with Gasteiger partial charge in [-0.25, -0.2) is 41.3 Å². The summed E-state index contributed by atoms with van der Waals surface area (Å²) < 4.78 is 213. The van der Waals surface area contributed by atoms with Gasteiger partial charge in [0, 0.05) is 16.7 Å². The normalized spacial score (nSPS) is 15.9. The molecule has 4 rings (SSSR count). The van der Waals surface area contributed by atoms with Gasteiger partial charge < -0.3 is 0 Å². The van der Waals surface area contributed by atoms with Crippen LogP contribution < -0.4 is 0 Å². The lowest BCUT2D eigenvalue weighted by Crippen LogP contribution is -2.16. The standard InChI is InChI=1S/C27F15N7/c28-15-8(4-46)47-23(34)18(31)12(15)5(1-43)9-10(6(2-44)13-16(29)21(26(37,38)39)48-24(35)19(13)32)11(9)7(3-45)14-17(30)22(27(40,41)42)49-25(36)20(14)33/b9-5?,10-6-,11-7+. The lowest BCUT2D eigenvalue weighted by Gasteiger charge is -2.11. The molecule has 1 fully saturated rings. The van der Waals surface area contributed by atoms with Crippen molar-refractivity contribution < 1.29 is 65.9 Å². The van der Waals surface area contributed by atoms with Crippen LogP contribution in [-0.2, 0) is 12.4 Å². The number of alkyl halides is 6. The number of pyridine rings is 3. The van der Waals surface area contributed by atoms with Crippen LogP contribution >= 0.6 is 0 Å². The molecule has 22 heteroatoms. The van der Waals surface area contributed by atoms with Crippen molar-refractivity contribution in [2.24, 2.45) is 0 Å². The molecule has 1 saturated carbocycles. The highest BCUT2D eigenvalue weighted by molar-refractivity contribution is 6.12. The molecule has 49 heavy (non-hydrogen) atoms. The van der Waals surface area contributed by atoms with E-state index in [0.717, 1.165) is 24.3 Å². The quantitative estimate of drug-likeness (QED) is 0.159. The van der Waals surface area contributed by atoms with E-state index in [1.54, 1.807) is 0 Å². The fourth-order valence-corrected chi connectivity index (χ4v) is 4.30. The summed E-state index contributed by atoms with van der Waals surface area (Å²) in [5, 5.41) is 38.3. The van der Waals surface area contributed by atoms with E-state index in [4.69, 9.17) is 5.26 Å². The first-order valence-corrected chi connectivity index (χ1v) is 11.8. The van der Waals surface area contributed by atoms with Crippen molar-refractivity contribution in [3.8, 4) is 24.3 Å². The van der Waals surface area contributed by atoms with Crippen molar-refractivity contribution in [1.29, 1.82) is 21.0 Å². The van der Waals surface area contributed by atoms with Gasteiger partial charge >= 0.3 is 12.4 Å². The van der Waals surface area contributed by atoms with Gasteiger partial charge in [-0.3, -0.25) is 0 Å². The zero-order chi connectivity index (χ0) is 37.1. The van der Waals surface area contributed by atoms with Crippen LogP contribution in [0, 0.1) is 98.1 Å². The summed E-state index contributed by atoms with van der Waals surface area (Å²) >= 11 is 0. The van der Waals surface area contributed by atoms with E-state index >= 15 is 13.2 Å². The van der Waals surface area contributed by atoms with Crippen LogP contribution in [0.25, 0.3) is 16.7 Å². The molecule has 0 spiro atoms. The van der Waals surface area contributed by atoms with Crippen LogP contribution in [0.1, 0.15) is 33.8 Å². The molecule has 1 aliphatic rings. The Kier molecular flexibility index (Phi) is 8.67. The number of aromatic nitrogens is 3. The van der Waals surface area contributed by atoms with Crippen molar-refractivity contribution in [2.45, 2.75) is 12.4 Å². The average Bonchev–Trinajstić information content (AvgIpc) is 3.73. The second kappa shape index (κ2) is 12.0. The second-order valence-corrected chi connectivity index (χ2v) is 8.96. The van der Waals surface area contributed by atoms with Crippen molar-refractivity contribution in [3.05, 3.63) is 103 Å². The lowest BCUT2D eigenvalue weighted by molar-refractivity contribution is -0.145. The summed E-state index contributed by atoms with van der Waals surface area (Å²) in [7, 11) is 0. The summed E-state index contributed by atoms with van der Waals surface area (Å²) in [6.07, 6.45) is -11.9. The first kappa shape index (κ1) is 35.4. The largest absolute Gasteiger partial charge is 0.436 e. The maximum absolute atomic E-state index is 15.1. The Morgan fingerprint density at radius 1 is 0.429 bits per heavy atom. The van der Waals surface area contributed by atoms with Gasteiger partial charge in [-0.2, -0.15) is 60.6 Å². The molecule has 0 saturated heterocycles. The summed E-state index contributed by atoms with van der Waals surface area (Å²) in [4.78, 5) is 6.61. The first-order chi connectivity index (χ1) is 22.7. The van der Waals surface area contributed by atoms with Gasteiger partial charge in [0.1, 0.15) is 24.3 Å². The second-order valence-electron chi connectivity index (χ2n) is 8.96. The molecule has 0 bridgehead atoms. The zero-order valence-electron chi connectivity index (χ0n) is 22.3. The molecule has 0 unspecified atom stereocenters. The number of rotatable bonds is 3.